The predicted octanol–water partition coefficient (Wildman–Crippen LogP) is 1.78. The summed E-state index contributed by atoms with van der Waals surface area (Å²) in [6, 6.07) is 9.24. The van der Waals surface area contributed by atoms with Gasteiger partial charge in [-0.05, 0) is 69.1 Å². The molecule has 0 aliphatic carbocycles. The van der Waals surface area contributed by atoms with Crippen LogP contribution in [0.4, 0.5) is 5.95 Å². The lowest BCUT2D eigenvalue weighted by atomic mass is 9.72. The van der Waals surface area contributed by atoms with Crippen molar-refractivity contribution >= 4 is 17.8 Å². The van der Waals surface area contributed by atoms with Crippen molar-refractivity contribution < 1.29 is 24.5 Å². The lowest BCUT2D eigenvalue weighted by Gasteiger charge is -2.45. The van der Waals surface area contributed by atoms with Gasteiger partial charge in [-0.3, -0.25) is 9.59 Å². The van der Waals surface area contributed by atoms with E-state index in [4.69, 9.17) is 4.74 Å². The van der Waals surface area contributed by atoms with E-state index in [1.54, 1.807) is 6.07 Å². The number of fused-ring (bicyclic) bond motifs is 1. The Kier molecular flexibility index (Phi) is 8.56. The van der Waals surface area contributed by atoms with Crippen molar-refractivity contribution in [3.05, 3.63) is 47.3 Å². The maximum atomic E-state index is 13.5. The van der Waals surface area contributed by atoms with Crippen LogP contribution in [0.25, 0.3) is 0 Å². The smallest absolute Gasteiger partial charge is 0.257 e. The second-order valence-electron chi connectivity index (χ2n) is 11.8. The number of nitrogens with one attached hydrogen (secondary N) is 1. The van der Waals surface area contributed by atoms with Gasteiger partial charge in [0.2, 0.25) is 11.9 Å². The molecule has 10 heteroatoms. The van der Waals surface area contributed by atoms with E-state index in [0.29, 0.717) is 44.6 Å². The van der Waals surface area contributed by atoms with Crippen molar-refractivity contribution in [1.82, 2.24) is 20.2 Å². The molecule has 2 amide bonds. The number of hydrogen-bond donors (Lipinski definition) is 3. The molecule has 10 nitrogen and oxygen atoms in total. The molecule has 2 saturated heterocycles. The first-order chi connectivity index (χ1) is 19.2. The van der Waals surface area contributed by atoms with Crippen LogP contribution in [0.3, 0.4) is 0 Å². The van der Waals surface area contributed by atoms with E-state index in [0.717, 1.165) is 48.8 Å². The number of nitrogens with zero attached hydrogens (tertiary/aromatic N) is 4. The molecule has 2 fully saturated rings. The maximum absolute atomic E-state index is 13.5. The largest absolute Gasteiger partial charge is 0.483 e. The lowest BCUT2D eigenvalue weighted by molar-refractivity contribution is -0.139. The van der Waals surface area contributed by atoms with Gasteiger partial charge in [0.1, 0.15) is 5.75 Å². The molecule has 0 bridgehead atoms. The molecule has 3 aliphatic heterocycles. The Balaban J connectivity index is 1.19. The number of hydrogen-bond acceptors (Lipinski definition) is 8. The van der Waals surface area contributed by atoms with Crippen LogP contribution in [-0.4, -0.2) is 88.4 Å². The molecule has 1 spiro atoms. The zero-order chi connectivity index (χ0) is 28.3. The van der Waals surface area contributed by atoms with Crippen LogP contribution >= 0.6 is 0 Å². The summed E-state index contributed by atoms with van der Waals surface area (Å²) in [6.45, 7) is 6.83. The summed E-state index contributed by atoms with van der Waals surface area (Å²) in [4.78, 5) is 39.3. The van der Waals surface area contributed by atoms with Crippen LogP contribution in [-0.2, 0) is 16.0 Å². The molecule has 4 heterocycles. The lowest BCUT2D eigenvalue weighted by Crippen LogP contribution is -2.52. The number of aromatic nitrogens is 2. The number of carbonyl (C=O) groups is 2. The number of carbonyl (C=O) groups excluding carboxylic acids is 2. The van der Waals surface area contributed by atoms with Gasteiger partial charge in [0, 0.05) is 56.5 Å². The molecule has 2 atom stereocenters. The van der Waals surface area contributed by atoms with Crippen LogP contribution in [0.1, 0.15) is 49.1 Å². The molecular formula is C30H41N5O5. The fourth-order valence-corrected chi connectivity index (χ4v) is 6.32. The summed E-state index contributed by atoms with van der Waals surface area (Å²) in [5.41, 5.74) is 2.24. The number of likely N-dealkylation sites (tertiary alicyclic amines) is 1. The molecule has 40 heavy (non-hydrogen) atoms. The van der Waals surface area contributed by atoms with Gasteiger partial charge >= 0.3 is 0 Å². The monoisotopic (exact) mass is 551 g/mol. The molecule has 5 rings (SSSR count). The number of aliphatic hydroxyl groups excluding tert-OH is 2. The summed E-state index contributed by atoms with van der Waals surface area (Å²) in [5, 5.41) is 24.8. The number of aliphatic hydroxyl groups is 2. The Morgan fingerprint density at radius 2 is 1.70 bits per heavy atom. The van der Waals surface area contributed by atoms with Gasteiger partial charge in [-0.1, -0.05) is 18.2 Å². The number of ether oxygens (including phenoxy) is 1. The number of rotatable bonds is 2. The summed E-state index contributed by atoms with van der Waals surface area (Å²) >= 11 is 0. The van der Waals surface area contributed by atoms with Crippen molar-refractivity contribution in [3.63, 3.8) is 0 Å². The van der Waals surface area contributed by atoms with Gasteiger partial charge < -0.3 is 30.1 Å². The van der Waals surface area contributed by atoms with Crippen LogP contribution < -0.4 is 15.0 Å². The van der Waals surface area contributed by atoms with E-state index < -0.39 is 17.6 Å². The standard InChI is InChI=1S/C30H41N5O5/c1-20-15-21(2)33-29(32-20)35-11-7-22(8-12-35)28(39)34-13-9-30(10-14-34)17-25(37)24(36)16-23-5-3-4-6-26(23)40-18-27(38)31-19-30/h3-6,15,22,24-25,36-37H,7-14,16-19H2,1-2H3,(H,31,38)/t24-,25+/m0/s1. The van der Waals surface area contributed by atoms with Gasteiger partial charge in [-0.2, -0.15) is 0 Å². The highest BCUT2D eigenvalue weighted by Gasteiger charge is 2.41. The Labute approximate surface area is 235 Å². The van der Waals surface area contributed by atoms with E-state index >= 15 is 0 Å². The SMILES string of the molecule is Cc1cc(C)nc(N2CCC(C(=O)N3CCC4(CC3)CNC(=O)COc3ccccc3C[C@H](O)[C@H](O)C4)CC2)n1. The minimum atomic E-state index is -0.956. The molecular weight excluding hydrogens is 510 g/mol. The molecule has 1 aromatic carbocycles. The zero-order valence-electron chi connectivity index (χ0n) is 23.5. The van der Waals surface area contributed by atoms with E-state index in [2.05, 4.69) is 20.2 Å². The quantitative estimate of drug-likeness (QED) is 0.516. The van der Waals surface area contributed by atoms with Crippen LogP contribution in [0, 0.1) is 25.2 Å². The fourth-order valence-electron chi connectivity index (χ4n) is 6.32. The number of para-hydroxylation sites is 1. The second-order valence-corrected chi connectivity index (χ2v) is 11.8. The highest BCUT2D eigenvalue weighted by molar-refractivity contribution is 5.79. The minimum Gasteiger partial charge on any atom is -0.483 e. The first-order valence-electron chi connectivity index (χ1n) is 14.4. The molecule has 1 aromatic heterocycles. The molecule has 216 valence electrons. The summed E-state index contributed by atoms with van der Waals surface area (Å²) < 4.78 is 5.73. The van der Waals surface area contributed by atoms with E-state index in [1.807, 2.05) is 43.0 Å². The van der Waals surface area contributed by atoms with Gasteiger partial charge in [-0.15, -0.1) is 0 Å². The van der Waals surface area contributed by atoms with Crippen molar-refractivity contribution in [2.75, 3.05) is 44.2 Å². The Bertz CT molecular complexity index is 1190. The van der Waals surface area contributed by atoms with Crippen molar-refractivity contribution in [1.29, 1.82) is 0 Å². The third kappa shape index (κ3) is 6.55. The molecule has 0 radical (unpaired) electrons. The second kappa shape index (κ2) is 12.1. The first kappa shape index (κ1) is 28.3. The van der Waals surface area contributed by atoms with E-state index in [-0.39, 0.29) is 30.8 Å². The minimum absolute atomic E-state index is 0.0307. The molecule has 0 saturated carbocycles. The Morgan fingerprint density at radius 3 is 2.40 bits per heavy atom. The number of benzene rings is 1. The third-order valence-electron chi connectivity index (χ3n) is 8.74. The first-order valence-corrected chi connectivity index (χ1v) is 14.4. The van der Waals surface area contributed by atoms with E-state index in [1.165, 1.54) is 0 Å². The summed E-state index contributed by atoms with van der Waals surface area (Å²) in [6.07, 6.45) is 1.51. The summed E-state index contributed by atoms with van der Waals surface area (Å²) in [7, 11) is 0. The summed E-state index contributed by atoms with van der Waals surface area (Å²) in [5.74, 6) is 1.21. The molecule has 2 aromatic rings. The van der Waals surface area contributed by atoms with Crippen molar-refractivity contribution in [2.45, 2.75) is 64.6 Å². The fraction of sp³-hybridized carbons (Fsp3) is 0.600. The maximum Gasteiger partial charge on any atom is 0.257 e. The normalized spacial score (nSPS) is 24.4. The van der Waals surface area contributed by atoms with Crippen LogP contribution in [0.2, 0.25) is 0 Å². The molecule has 0 unspecified atom stereocenters. The molecule has 3 aliphatic rings. The van der Waals surface area contributed by atoms with Gasteiger partial charge in [0.15, 0.2) is 6.61 Å². The predicted molar refractivity (Wildman–Crippen MR) is 150 cm³/mol. The average molecular weight is 552 g/mol. The third-order valence-corrected chi connectivity index (χ3v) is 8.74. The Hall–Kier alpha value is -3.24. The highest BCUT2D eigenvalue weighted by atomic mass is 16.5. The number of anilines is 1. The Morgan fingerprint density at radius 1 is 1.02 bits per heavy atom. The molecule has 3 N–H and O–H groups in total. The average Bonchev–Trinajstić information content (AvgIpc) is 2.95. The van der Waals surface area contributed by atoms with E-state index in [9.17, 15) is 19.8 Å². The van der Waals surface area contributed by atoms with Gasteiger partial charge in [0.25, 0.3) is 5.91 Å². The zero-order valence-corrected chi connectivity index (χ0v) is 23.5. The number of amides is 2. The van der Waals surface area contributed by atoms with Gasteiger partial charge in [0.05, 0.1) is 12.2 Å². The van der Waals surface area contributed by atoms with Crippen molar-refractivity contribution in [2.24, 2.45) is 11.3 Å². The van der Waals surface area contributed by atoms with Crippen LogP contribution in [0.5, 0.6) is 5.75 Å². The number of aryl methyl sites for hydroxylation is 2. The topological polar surface area (TPSA) is 128 Å². The van der Waals surface area contributed by atoms with Gasteiger partial charge in [-0.25, -0.2) is 9.97 Å². The highest BCUT2D eigenvalue weighted by Crippen LogP contribution is 2.38. The number of piperidine rings is 2. The van der Waals surface area contributed by atoms with Crippen molar-refractivity contribution in [3.8, 4) is 5.75 Å². The van der Waals surface area contributed by atoms with Crippen LogP contribution in [0.15, 0.2) is 30.3 Å².